The molecule has 0 amide bonds. The highest BCUT2D eigenvalue weighted by Gasteiger charge is 2.21. The van der Waals surface area contributed by atoms with Gasteiger partial charge in [0.1, 0.15) is 0 Å². The molecule has 0 bridgehead atoms. The van der Waals surface area contributed by atoms with Crippen molar-refractivity contribution in [1.82, 2.24) is 5.32 Å². The number of piperidine rings is 1. The zero-order chi connectivity index (χ0) is 13.7. The van der Waals surface area contributed by atoms with Crippen molar-refractivity contribution in [2.24, 2.45) is 0 Å². The van der Waals surface area contributed by atoms with E-state index < -0.39 is 0 Å². The molecule has 1 aliphatic rings. The maximum Gasteiger partial charge on any atom is 0.0471 e. The second kappa shape index (κ2) is 7.16. The Kier molecular flexibility index (Phi) is 5.53. The maximum atomic E-state index is 6.41. The third kappa shape index (κ3) is 3.64. The van der Waals surface area contributed by atoms with Crippen LogP contribution in [0, 0.1) is 0 Å². The number of anilines is 1. The van der Waals surface area contributed by atoms with E-state index in [4.69, 9.17) is 11.6 Å². The van der Waals surface area contributed by atoms with E-state index in [0.717, 1.165) is 31.1 Å². The SMILES string of the molecule is CCCNCc1c(Cl)cccc1N1CCCCC1C. The van der Waals surface area contributed by atoms with Gasteiger partial charge >= 0.3 is 0 Å². The van der Waals surface area contributed by atoms with Gasteiger partial charge in [-0.2, -0.15) is 0 Å². The summed E-state index contributed by atoms with van der Waals surface area (Å²) in [6.07, 6.45) is 5.08. The van der Waals surface area contributed by atoms with Crippen molar-refractivity contribution in [3.8, 4) is 0 Å². The van der Waals surface area contributed by atoms with E-state index in [2.05, 4.69) is 36.2 Å². The van der Waals surface area contributed by atoms with Crippen LogP contribution in [-0.2, 0) is 6.54 Å². The molecule has 2 rings (SSSR count). The van der Waals surface area contributed by atoms with Crippen LogP contribution in [0.25, 0.3) is 0 Å². The Labute approximate surface area is 122 Å². The van der Waals surface area contributed by atoms with Crippen LogP contribution < -0.4 is 10.2 Å². The molecule has 1 unspecified atom stereocenters. The zero-order valence-electron chi connectivity index (χ0n) is 12.1. The molecule has 1 aromatic carbocycles. The quantitative estimate of drug-likeness (QED) is 0.813. The first kappa shape index (κ1) is 14.7. The zero-order valence-corrected chi connectivity index (χ0v) is 12.8. The Bertz CT molecular complexity index is 406. The molecule has 2 nitrogen and oxygen atoms in total. The standard InChI is InChI=1S/C16H25ClN2/c1-3-10-18-12-14-15(17)8-6-9-16(14)19-11-5-4-7-13(19)2/h6,8-9,13,18H,3-5,7,10-12H2,1-2H3. The van der Waals surface area contributed by atoms with E-state index in [-0.39, 0.29) is 0 Å². The summed E-state index contributed by atoms with van der Waals surface area (Å²) in [6, 6.07) is 6.92. The molecule has 1 heterocycles. The number of hydrogen-bond donors (Lipinski definition) is 1. The van der Waals surface area contributed by atoms with Gasteiger partial charge in [-0.3, -0.25) is 0 Å². The van der Waals surface area contributed by atoms with Gasteiger partial charge in [-0.05, 0) is 51.3 Å². The van der Waals surface area contributed by atoms with Crippen molar-refractivity contribution in [2.75, 3.05) is 18.0 Å². The summed E-state index contributed by atoms with van der Waals surface area (Å²) in [6.45, 7) is 7.57. The Hall–Kier alpha value is -0.730. The van der Waals surface area contributed by atoms with E-state index >= 15 is 0 Å². The third-order valence-electron chi connectivity index (χ3n) is 3.94. The van der Waals surface area contributed by atoms with Gasteiger partial charge in [-0.1, -0.05) is 24.6 Å². The van der Waals surface area contributed by atoms with Crippen LogP contribution in [0.2, 0.25) is 5.02 Å². The average molecular weight is 281 g/mol. The van der Waals surface area contributed by atoms with Gasteiger partial charge < -0.3 is 10.2 Å². The number of nitrogens with zero attached hydrogens (tertiary/aromatic N) is 1. The lowest BCUT2D eigenvalue weighted by atomic mass is 10.0. The fraction of sp³-hybridized carbons (Fsp3) is 0.625. The van der Waals surface area contributed by atoms with Crippen LogP contribution >= 0.6 is 11.6 Å². The molecule has 3 heteroatoms. The molecule has 1 atom stereocenters. The van der Waals surface area contributed by atoms with Crippen molar-refractivity contribution < 1.29 is 0 Å². The first-order valence-electron chi connectivity index (χ1n) is 7.48. The van der Waals surface area contributed by atoms with E-state index in [1.54, 1.807) is 0 Å². The van der Waals surface area contributed by atoms with Gasteiger partial charge in [0.2, 0.25) is 0 Å². The van der Waals surface area contributed by atoms with E-state index in [9.17, 15) is 0 Å². The number of rotatable bonds is 5. The Morgan fingerprint density at radius 3 is 2.95 bits per heavy atom. The van der Waals surface area contributed by atoms with E-state index in [1.165, 1.54) is 30.5 Å². The summed E-state index contributed by atoms with van der Waals surface area (Å²) in [7, 11) is 0. The molecule has 0 aliphatic carbocycles. The summed E-state index contributed by atoms with van der Waals surface area (Å²) in [5, 5.41) is 4.36. The molecule has 0 aromatic heterocycles. The highest BCUT2D eigenvalue weighted by Crippen LogP contribution is 2.31. The molecule has 1 N–H and O–H groups in total. The van der Waals surface area contributed by atoms with Gasteiger partial charge in [0.15, 0.2) is 0 Å². The molecule has 1 aliphatic heterocycles. The number of nitrogens with one attached hydrogen (secondary N) is 1. The van der Waals surface area contributed by atoms with Crippen molar-refractivity contribution >= 4 is 17.3 Å². The van der Waals surface area contributed by atoms with E-state index in [0.29, 0.717) is 6.04 Å². The number of hydrogen-bond acceptors (Lipinski definition) is 2. The van der Waals surface area contributed by atoms with Crippen LogP contribution in [0.3, 0.4) is 0 Å². The molecule has 106 valence electrons. The van der Waals surface area contributed by atoms with Gasteiger partial charge in [-0.25, -0.2) is 0 Å². The van der Waals surface area contributed by atoms with Gasteiger partial charge in [-0.15, -0.1) is 0 Å². The van der Waals surface area contributed by atoms with Crippen LogP contribution in [0.5, 0.6) is 0 Å². The smallest absolute Gasteiger partial charge is 0.0471 e. The average Bonchev–Trinajstić information content (AvgIpc) is 2.41. The lowest BCUT2D eigenvalue weighted by Gasteiger charge is -2.37. The van der Waals surface area contributed by atoms with Crippen molar-refractivity contribution in [3.63, 3.8) is 0 Å². The molecule has 0 spiro atoms. The summed E-state index contributed by atoms with van der Waals surface area (Å²) < 4.78 is 0. The molecule has 0 radical (unpaired) electrons. The second-order valence-corrected chi connectivity index (χ2v) is 5.86. The fourth-order valence-corrected chi connectivity index (χ4v) is 3.07. The third-order valence-corrected chi connectivity index (χ3v) is 4.29. The van der Waals surface area contributed by atoms with E-state index in [1.807, 2.05) is 6.07 Å². The minimum Gasteiger partial charge on any atom is -0.369 e. The highest BCUT2D eigenvalue weighted by molar-refractivity contribution is 6.31. The first-order chi connectivity index (χ1) is 9.24. The van der Waals surface area contributed by atoms with Crippen LogP contribution in [0.1, 0.15) is 45.1 Å². The molecule has 19 heavy (non-hydrogen) atoms. The van der Waals surface area contributed by atoms with Gasteiger partial charge in [0.25, 0.3) is 0 Å². The Morgan fingerprint density at radius 2 is 2.21 bits per heavy atom. The normalized spacial score (nSPS) is 19.7. The topological polar surface area (TPSA) is 15.3 Å². The van der Waals surface area contributed by atoms with Crippen molar-refractivity contribution in [2.45, 2.75) is 52.1 Å². The summed E-state index contributed by atoms with van der Waals surface area (Å²) in [5.41, 5.74) is 2.58. The highest BCUT2D eigenvalue weighted by atomic mass is 35.5. The van der Waals surface area contributed by atoms with Crippen LogP contribution in [0.4, 0.5) is 5.69 Å². The molecule has 1 fully saturated rings. The Morgan fingerprint density at radius 1 is 1.37 bits per heavy atom. The van der Waals surface area contributed by atoms with Crippen molar-refractivity contribution in [3.05, 3.63) is 28.8 Å². The van der Waals surface area contributed by atoms with Gasteiger partial charge in [0, 0.05) is 35.4 Å². The summed E-state index contributed by atoms with van der Waals surface area (Å²) in [4.78, 5) is 2.53. The number of benzene rings is 1. The first-order valence-corrected chi connectivity index (χ1v) is 7.86. The van der Waals surface area contributed by atoms with Crippen LogP contribution in [0.15, 0.2) is 18.2 Å². The summed E-state index contributed by atoms with van der Waals surface area (Å²) in [5.74, 6) is 0. The second-order valence-electron chi connectivity index (χ2n) is 5.45. The van der Waals surface area contributed by atoms with Crippen LogP contribution in [-0.4, -0.2) is 19.1 Å². The summed E-state index contributed by atoms with van der Waals surface area (Å²) >= 11 is 6.41. The minimum atomic E-state index is 0.622. The lowest BCUT2D eigenvalue weighted by molar-refractivity contribution is 0.483. The molecular weight excluding hydrogens is 256 g/mol. The number of halogens is 1. The molecule has 1 aromatic rings. The monoisotopic (exact) mass is 280 g/mol. The predicted molar refractivity (Wildman–Crippen MR) is 84.1 cm³/mol. The predicted octanol–water partition coefficient (Wildman–Crippen LogP) is 4.22. The molecule has 1 saturated heterocycles. The lowest BCUT2D eigenvalue weighted by Crippen LogP contribution is -2.38. The largest absolute Gasteiger partial charge is 0.369 e. The Balaban J connectivity index is 2.20. The molecular formula is C16H25ClN2. The molecule has 0 saturated carbocycles. The fourth-order valence-electron chi connectivity index (χ4n) is 2.84. The minimum absolute atomic E-state index is 0.622. The maximum absolute atomic E-state index is 6.41. The van der Waals surface area contributed by atoms with Crippen molar-refractivity contribution in [1.29, 1.82) is 0 Å². The van der Waals surface area contributed by atoms with Gasteiger partial charge in [0.05, 0.1) is 0 Å².